The maximum atomic E-state index is 11.8. The third-order valence-electron chi connectivity index (χ3n) is 3.29. The number of benzene rings is 1. The molecule has 0 amide bonds. The molecular weight excluding hydrogens is 242 g/mol. The summed E-state index contributed by atoms with van der Waals surface area (Å²) >= 11 is 0. The van der Waals surface area contributed by atoms with Gasteiger partial charge in [-0.2, -0.15) is 0 Å². The van der Waals surface area contributed by atoms with E-state index in [9.17, 15) is 4.79 Å². The minimum atomic E-state index is -0.164. The number of rotatable bonds is 5. The second-order valence-corrected chi connectivity index (χ2v) is 4.97. The highest BCUT2D eigenvalue weighted by atomic mass is 16.6. The summed E-state index contributed by atoms with van der Waals surface area (Å²) in [7, 11) is 0. The smallest absolute Gasteiger partial charge is 0.323 e. The number of carbonyl (C=O) groups excluding carboxylic acids is 1. The summed E-state index contributed by atoms with van der Waals surface area (Å²) in [6.07, 6.45) is 1.99. The van der Waals surface area contributed by atoms with Gasteiger partial charge in [0.2, 0.25) is 0 Å². The number of hydrogen-bond donors (Lipinski definition) is 1. The molecule has 0 spiro atoms. The number of hydrogen-bond acceptors (Lipinski definition) is 4. The van der Waals surface area contributed by atoms with Crippen molar-refractivity contribution in [2.45, 2.75) is 25.8 Å². The summed E-state index contributed by atoms with van der Waals surface area (Å²) in [4.78, 5) is 11.8. The lowest BCUT2D eigenvalue weighted by atomic mass is 9.94. The SMILES string of the molecule is CC1CCNC(C(=O)OCCOc2ccccc2)C1. The van der Waals surface area contributed by atoms with Crippen LogP contribution in [0.1, 0.15) is 19.8 Å². The van der Waals surface area contributed by atoms with Gasteiger partial charge >= 0.3 is 5.97 Å². The summed E-state index contributed by atoms with van der Waals surface area (Å²) in [5, 5.41) is 3.19. The van der Waals surface area contributed by atoms with Gasteiger partial charge in [0.05, 0.1) is 0 Å². The highest BCUT2D eigenvalue weighted by Crippen LogP contribution is 2.15. The first kappa shape index (κ1) is 13.9. The van der Waals surface area contributed by atoms with Crippen LogP contribution in [-0.4, -0.2) is 31.8 Å². The van der Waals surface area contributed by atoms with E-state index in [1.54, 1.807) is 0 Å². The summed E-state index contributed by atoms with van der Waals surface area (Å²) < 4.78 is 10.7. The standard InChI is InChI=1S/C15H21NO3/c1-12-7-8-16-14(11-12)15(17)19-10-9-18-13-5-3-2-4-6-13/h2-6,12,14,16H,7-11H2,1H3. The van der Waals surface area contributed by atoms with Crippen LogP contribution in [0.2, 0.25) is 0 Å². The molecule has 19 heavy (non-hydrogen) atoms. The van der Waals surface area contributed by atoms with Gasteiger partial charge in [-0.25, -0.2) is 0 Å². The third-order valence-corrected chi connectivity index (χ3v) is 3.29. The molecule has 2 unspecified atom stereocenters. The van der Waals surface area contributed by atoms with Gasteiger partial charge in [0, 0.05) is 0 Å². The number of esters is 1. The molecule has 0 saturated carbocycles. The van der Waals surface area contributed by atoms with Gasteiger partial charge in [0.1, 0.15) is 25.0 Å². The van der Waals surface area contributed by atoms with Gasteiger partial charge in [0.15, 0.2) is 0 Å². The highest BCUT2D eigenvalue weighted by molar-refractivity contribution is 5.75. The molecule has 4 heteroatoms. The second-order valence-electron chi connectivity index (χ2n) is 4.97. The molecule has 1 saturated heterocycles. The summed E-state index contributed by atoms with van der Waals surface area (Å²) in [6.45, 7) is 3.74. The molecule has 1 fully saturated rings. The van der Waals surface area contributed by atoms with Crippen molar-refractivity contribution in [3.63, 3.8) is 0 Å². The summed E-state index contributed by atoms with van der Waals surface area (Å²) in [5.41, 5.74) is 0. The van der Waals surface area contributed by atoms with Crippen LogP contribution in [0.3, 0.4) is 0 Å². The molecule has 1 aromatic carbocycles. The number of ether oxygens (including phenoxy) is 2. The Morgan fingerprint density at radius 3 is 2.84 bits per heavy atom. The van der Waals surface area contributed by atoms with E-state index >= 15 is 0 Å². The molecule has 1 aromatic rings. The zero-order valence-electron chi connectivity index (χ0n) is 11.3. The Kier molecular flexibility index (Phi) is 5.21. The van der Waals surface area contributed by atoms with E-state index in [1.807, 2.05) is 30.3 Å². The third kappa shape index (κ3) is 4.56. The van der Waals surface area contributed by atoms with E-state index in [4.69, 9.17) is 9.47 Å². The fourth-order valence-corrected chi connectivity index (χ4v) is 2.21. The molecule has 1 aliphatic rings. The first-order chi connectivity index (χ1) is 9.25. The summed E-state index contributed by atoms with van der Waals surface area (Å²) in [6, 6.07) is 9.37. The molecule has 104 valence electrons. The van der Waals surface area contributed by atoms with Crippen molar-refractivity contribution in [2.75, 3.05) is 19.8 Å². The van der Waals surface area contributed by atoms with Crippen LogP contribution < -0.4 is 10.1 Å². The normalized spacial score (nSPS) is 22.8. The maximum absolute atomic E-state index is 11.8. The summed E-state index contributed by atoms with van der Waals surface area (Å²) in [5.74, 6) is 1.21. The van der Waals surface area contributed by atoms with E-state index in [0.717, 1.165) is 25.1 Å². The number of para-hydroxylation sites is 1. The second kappa shape index (κ2) is 7.14. The molecule has 0 aromatic heterocycles. The first-order valence-electron chi connectivity index (χ1n) is 6.83. The van der Waals surface area contributed by atoms with Crippen LogP contribution >= 0.6 is 0 Å². The zero-order valence-corrected chi connectivity index (χ0v) is 11.3. The van der Waals surface area contributed by atoms with Crippen molar-refractivity contribution in [1.82, 2.24) is 5.32 Å². The van der Waals surface area contributed by atoms with Gasteiger partial charge in [-0.15, -0.1) is 0 Å². The van der Waals surface area contributed by atoms with Crippen LogP contribution in [0.15, 0.2) is 30.3 Å². The molecular formula is C15H21NO3. The van der Waals surface area contributed by atoms with Gasteiger partial charge in [-0.3, -0.25) is 4.79 Å². The molecule has 1 aliphatic heterocycles. The van der Waals surface area contributed by atoms with Crippen molar-refractivity contribution in [3.8, 4) is 5.75 Å². The molecule has 4 nitrogen and oxygen atoms in total. The van der Waals surface area contributed by atoms with Gasteiger partial charge in [-0.05, 0) is 37.4 Å². The van der Waals surface area contributed by atoms with Crippen LogP contribution in [0.4, 0.5) is 0 Å². The topological polar surface area (TPSA) is 47.6 Å². The van der Waals surface area contributed by atoms with Crippen LogP contribution in [0.25, 0.3) is 0 Å². The van der Waals surface area contributed by atoms with E-state index in [-0.39, 0.29) is 12.0 Å². The average Bonchev–Trinajstić information content (AvgIpc) is 2.44. The van der Waals surface area contributed by atoms with Crippen LogP contribution in [0, 0.1) is 5.92 Å². The molecule has 2 atom stereocenters. The lowest BCUT2D eigenvalue weighted by molar-refractivity contribution is -0.147. The molecule has 1 heterocycles. The number of carbonyl (C=O) groups is 1. The Balaban J connectivity index is 1.64. The van der Waals surface area contributed by atoms with Crippen molar-refractivity contribution in [1.29, 1.82) is 0 Å². The maximum Gasteiger partial charge on any atom is 0.323 e. The Morgan fingerprint density at radius 1 is 1.32 bits per heavy atom. The molecule has 0 aliphatic carbocycles. The van der Waals surface area contributed by atoms with Crippen molar-refractivity contribution in [3.05, 3.63) is 30.3 Å². The molecule has 0 radical (unpaired) electrons. The van der Waals surface area contributed by atoms with Crippen molar-refractivity contribution >= 4 is 5.97 Å². The van der Waals surface area contributed by atoms with E-state index in [1.165, 1.54) is 0 Å². The van der Waals surface area contributed by atoms with Gasteiger partial charge in [0.25, 0.3) is 0 Å². The Morgan fingerprint density at radius 2 is 2.11 bits per heavy atom. The number of nitrogens with one attached hydrogen (secondary N) is 1. The monoisotopic (exact) mass is 263 g/mol. The molecule has 2 rings (SSSR count). The molecule has 1 N–H and O–H groups in total. The van der Waals surface area contributed by atoms with E-state index in [0.29, 0.717) is 19.1 Å². The zero-order chi connectivity index (χ0) is 13.5. The molecule has 0 bridgehead atoms. The van der Waals surface area contributed by atoms with Gasteiger partial charge in [-0.1, -0.05) is 25.1 Å². The fraction of sp³-hybridized carbons (Fsp3) is 0.533. The average molecular weight is 263 g/mol. The first-order valence-corrected chi connectivity index (χ1v) is 6.83. The Bertz CT molecular complexity index is 394. The van der Waals surface area contributed by atoms with E-state index < -0.39 is 0 Å². The Labute approximate surface area is 114 Å². The van der Waals surface area contributed by atoms with Crippen molar-refractivity contribution < 1.29 is 14.3 Å². The van der Waals surface area contributed by atoms with E-state index in [2.05, 4.69) is 12.2 Å². The quantitative estimate of drug-likeness (QED) is 0.652. The minimum absolute atomic E-state index is 0.152. The lowest BCUT2D eigenvalue weighted by Gasteiger charge is -2.26. The predicted molar refractivity (Wildman–Crippen MR) is 73.1 cm³/mol. The minimum Gasteiger partial charge on any atom is -0.490 e. The predicted octanol–water partition coefficient (Wildman–Crippen LogP) is 2.00. The Hall–Kier alpha value is -1.55. The van der Waals surface area contributed by atoms with Crippen LogP contribution in [0.5, 0.6) is 5.75 Å². The van der Waals surface area contributed by atoms with Gasteiger partial charge < -0.3 is 14.8 Å². The number of piperidine rings is 1. The fourth-order valence-electron chi connectivity index (χ4n) is 2.21. The lowest BCUT2D eigenvalue weighted by Crippen LogP contribution is -2.44. The van der Waals surface area contributed by atoms with Crippen molar-refractivity contribution in [2.24, 2.45) is 5.92 Å². The largest absolute Gasteiger partial charge is 0.490 e. The highest BCUT2D eigenvalue weighted by Gasteiger charge is 2.25. The van der Waals surface area contributed by atoms with Crippen LogP contribution in [-0.2, 0) is 9.53 Å².